The first-order valence-corrected chi connectivity index (χ1v) is 9.91. The van der Waals surface area contributed by atoms with Crippen LogP contribution < -0.4 is 0 Å². The molecule has 2 aromatic carbocycles. The van der Waals surface area contributed by atoms with E-state index in [0.29, 0.717) is 0 Å². The summed E-state index contributed by atoms with van der Waals surface area (Å²) in [6, 6.07) is 16.4. The summed E-state index contributed by atoms with van der Waals surface area (Å²) in [4.78, 5) is 18.5. The number of piperidine rings is 1. The average Bonchev–Trinajstić information content (AvgIpc) is 3.11. The van der Waals surface area contributed by atoms with E-state index in [1.54, 1.807) is 0 Å². The fourth-order valence-electron chi connectivity index (χ4n) is 3.92. The van der Waals surface area contributed by atoms with Gasteiger partial charge in [-0.3, -0.25) is 9.69 Å². The molecule has 5 heteroatoms. The van der Waals surface area contributed by atoms with E-state index in [1.165, 1.54) is 31.9 Å². The maximum absolute atomic E-state index is 11.5. The number of methoxy groups -OCH3 is 1. The number of aromatic nitrogens is 1. The Bertz CT molecular complexity index is 927. The summed E-state index contributed by atoms with van der Waals surface area (Å²) in [6.07, 6.45) is 3.83. The first-order valence-electron chi connectivity index (χ1n) is 9.91. The lowest BCUT2D eigenvalue weighted by Crippen LogP contribution is -2.33. The fraction of sp³-hybridized carbons (Fsp3) is 0.391. The first kappa shape index (κ1) is 18.7. The van der Waals surface area contributed by atoms with Gasteiger partial charge in [0.05, 0.1) is 20.1 Å². The minimum Gasteiger partial charge on any atom is -0.469 e. The van der Waals surface area contributed by atoms with Gasteiger partial charge in [0.15, 0.2) is 5.58 Å². The monoisotopic (exact) mass is 378 g/mol. The van der Waals surface area contributed by atoms with Crippen LogP contribution in [0.4, 0.5) is 0 Å². The van der Waals surface area contributed by atoms with E-state index in [9.17, 15) is 4.79 Å². The van der Waals surface area contributed by atoms with E-state index in [1.807, 2.05) is 18.2 Å². The molecule has 0 N–H and O–H groups in total. The van der Waals surface area contributed by atoms with Gasteiger partial charge in [-0.25, -0.2) is 4.98 Å². The number of ether oxygens (including phenoxy) is 1. The van der Waals surface area contributed by atoms with Crippen molar-refractivity contribution in [2.75, 3.05) is 20.2 Å². The summed E-state index contributed by atoms with van der Waals surface area (Å²) < 4.78 is 10.6. The molecule has 4 rings (SSSR count). The molecule has 1 aliphatic heterocycles. The number of carbonyl (C=O) groups is 1. The molecule has 0 unspecified atom stereocenters. The zero-order chi connectivity index (χ0) is 19.3. The Morgan fingerprint density at radius 3 is 2.68 bits per heavy atom. The second-order valence-electron chi connectivity index (χ2n) is 7.57. The number of esters is 1. The summed E-state index contributed by atoms with van der Waals surface area (Å²) >= 11 is 0. The van der Waals surface area contributed by atoms with E-state index < -0.39 is 0 Å². The van der Waals surface area contributed by atoms with Gasteiger partial charge in [-0.15, -0.1) is 0 Å². The molecule has 146 valence electrons. The highest BCUT2D eigenvalue weighted by Gasteiger charge is 2.21. The van der Waals surface area contributed by atoms with Gasteiger partial charge in [0.2, 0.25) is 5.89 Å². The Balaban J connectivity index is 1.33. The Hall–Kier alpha value is -2.66. The quantitative estimate of drug-likeness (QED) is 0.607. The van der Waals surface area contributed by atoms with Crippen molar-refractivity contribution in [3.8, 4) is 0 Å². The van der Waals surface area contributed by atoms with Crippen LogP contribution in [0.1, 0.15) is 29.9 Å². The molecule has 0 spiro atoms. The second-order valence-corrected chi connectivity index (χ2v) is 7.57. The van der Waals surface area contributed by atoms with Gasteiger partial charge >= 0.3 is 5.97 Å². The van der Waals surface area contributed by atoms with Crippen molar-refractivity contribution < 1.29 is 13.9 Å². The van der Waals surface area contributed by atoms with E-state index in [4.69, 9.17) is 9.15 Å². The van der Waals surface area contributed by atoms with Crippen molar-refractivity contribution in [2.45, 2.75) is 32.2 Å². The Morgan fingerprint density at radius 2 is 1.93 bits per heavy atom. The first-order chi connectivity index (χ1) is 13.7. The number of benzene rings is 2. The molecular weight excluding hydrogens is 352 g/mol. The molecule has 1 fully saturated rings. The van der Waals surface area contributed by atoms with Crippen LogP contribution in [0.15, 0.2) is 52.9 Å². The molecule has 1 aliphatic rings. The van der Waals surface area contributed by atoms with Gasteiger partial charge < -0.3 is 9.15 Å². The zero-order valence-electron chi connectivity index (χ0n) is 16.3. The fourth-order valence-corrected chi connectivity index (χ4v) is 3.92. The van der Waals surface area contributed by atoms with Crippen LogP contribution >= 0.6 is 0 Å². The molecule has 0 atom stereocenters. The normalized spacial score (nSPS) is 15.8. The summed E-state index contributed by atoms with van der Waals surface area (Å²) in [7, 11) is 1.40. The predicted molar refractivity (Wildman–Crippen MR) is 108 cm³/mol. The van der Waals surface area contributed by atoms with Gasteiger partial charge in [-0.1, -0.05) is 36.4 Å². The molecule has 0 amide bonds. The van der Waals surface area contributed by atoms with Crippen molar-refractivity contribution in [3.05, 3.63) is 65.5 Å². The van der Waals surface area contributed by atoms with Crippen LogP contribution in [0, 0.1) is 5.92 Å². The van der Waals surface area contributed by atoms with Gasteiger partial charge in [-0.05, 0) is 61.5 Å². The highest BCUT2D eigenvalue weighted by Crippen LogP contribution is 2.24. The summed E-state index contributed by atoms with van der Waals surface area (Å²) in [5.41, 5.74) is 3.89. The molecule has 0 aliphatic carbocycles. The third-order valence-corrected chi connectivity index (χ3v) is 5.51. The van der Waals surface area contributed by atoms with Crippen molar-refractivity contribution in [1.29, 1.82) is 0 Å². The van der Waals surface area contributed by atoms with Crippen LogP contribution in [0.2, 0.25) is 0 Å². The highest BCUT2D eigenvalue weighted by atomic mass is 16.5. The van der Waals surface area contributed by atoms with E-state index in [-0.39, 0.29) is 12.4 Å². The van der Waals surface area contributed by atoms with Crippen molar-refractivity contribution in [3.63, 3.8) is 0 Å². The van der Waals surface area contributed by atoms with Crippen LogP contribution in [-0.4, -0.2) is 36.1 Å². The van der Waals surface area contributed by atoms with Crippen LogP contribution in [-0.2, 0) is 28.9 Å². The minimum absolute atomic E-state index is 0.249. The summed E-state index contributed by atoms with van der Waals surface area (Å²) in [5.74, 6) is 1.25. The lowest BCUT2D eigenvalue weighted by molar-refractivity contribution is -0.139. The lowest BCUT2D eigenvalue weighted by Gasteiger charge is -2.31. The van der Waals surface area contributed by atoms with Crippen molar-refractivity contribution in [1.82, 2.24) is 9.88 Å². The topological polar surface area (TPSA) is 55.6 Å². The van der Waals surface area contributed by atoms with Gasteiger partial charge in [-0.2, -0.15) is 0 Å². The number of rotatable bonds is 6. The standard InChI is InChI=1S/C23H26N2O3/c1-27-23(26)15-19-7-8-21-20(14-19)24-22(28-21)16-25-11-9-18(10-12-25)13-17-5-3-2-4-6-17/h2-8,14,18H,9-13,15-16H2,1H3. The van der Waals surface area contributed by atoms with Crippen molar-refractivity contribution in [2.24, 2.45) is 5.92 Å². The third-order valence-electron chi connectivity index (χ3n) is 5.51. The molecule has 0 bridgehead atoms. The molecule has 2 heterocycles. The van der Waals surface area contributed by atoms with Gasteiger partial charge in [0.25, 0.3) is 0 Å². The molecule has 0 saturated carbocycles. The molecular formula is C23H26N2O3. The second kappa shape index (κ2) is 8.57. The smallest absolute Gasteiger partial charge is 0.309 e. The SMILES string of the molecule is COC(=O)Cc1ccc2oc(CN3CCC(Cc4ccccc4)CC3)nc2c1. The third kappa shape index (κ3) is 4.60. The summed E-state index contributed by atoms with van der Waals surface area (Å²) in [5, 5.41) is 0. The van der Waals surface area contributed by atoms with E-state index in [0.717, 1.165) is 48.1 Å². The largest absolute Gasteiger partial charge is 0.469 e. The number of hydrogen-bond acceptors (Lipinski definition) is 5. The number of hydrogen-bond donors (Lipinski definition) is 0. The van der Waals surface area contributed by atoms with Crippen LogP contribution in [0.25, 0.3) is 11.1 Å². The maximum Gasteiger partial charge on any atom is 0.309 e. The Kier molecular flexibility index (Phi) is 5.72. The van der Waals surface area contributed by atoms with Gasteiger partial charge in [0.1, 0.15) is 5.52 Å². The molecule has 5 nitrogen and oxygen atoms in total. The van der Waals surface area contributed by atoms with E-state index in [2.05, 4.69) is 40.2 Å². The summed E-state index contributed by atoms with van der Waals surface area (Å²) in [6.45, 7) is 2.88. The lowest BCUT2D eigenvalue weighted by atomic mass is 9.90. The van der Waals surface area contributed by atoms with Crippen LogP contribution in [0.5, 0.6) is 0 Å². The molecule has 1 aromatic heterocycles. The molecule has 0 radical (unpaired) electrons. The van der Waals surface area contributed by atoms with Crippen LogP contribution in [0.3, 0.4) is 0 Å². The number of fused-ring (bicyclic) bond motifs is 1. The average molecular weight is 378 g/mol. The van der Waals surface area contributed by atoms with Crippen molar-refractivity contribution >= 4 is 17.1 Å². The molecule has 1 saturated heterocycles. The molecule has 3 aromatic rings. The molecule has 28 heavy (non-hydrogen) atoms. The van der Waals surface area contributed by atoms with Gasteiger partial charge in [0, 0.05) is 0 Å². The number of oxazole rings is 1. The predicted octanol–water partition coefficient (Wildman–Crippen LogP) is 4.00. The Morgan fingerprint density at radius 1 is 1.14 bits per heavy atom. The van der Waals surface area contributed by atoms with E-state index >= 15 is 0 Å². The zero-order valence-corrected chi connectivity index (χ0v) is 16.3. The number of nitrogens with zero attached hydrogens (tertiary/aromatic N) is 2. The minimum atomic E-state index is -0.249. The maximum atomic E-state index is 11.5. The Labute approximate surface area is 165 Å². The number of carbonyl (C=O) groups excluding carboxylic acids is 1. The number of likely N-dealkylation sites (tertiary alicyclic amines) is 1. The highest BCUT2D eigenvalue weighted by molar-refractivity contribution is 5.77.